The Morgan fingerprint density at radius 1 is 1.29 bits per heavy atom. The van der Waals surface area contributed by atoms with Crippen molar-refractivity contribution in [2.24, 2.45) is 0 Å². The third-order valence-corrected chi connectivity index (χ3v) is 3.06. The fraction of sp³-hybridized carbons (Fsp3) is 0.267. The second kappa shape index (κ2) is 6.30. The Balaban J connectivity index is 2.39. The van der Waals surface area contributed by atoms with Crippen LogP contribution in [-0.2, 0) is 4.79 Å². The molecule has 1 aromatic carbocycles. The zero-order valence-corrected chi connectivity index (χ0v) is 11.8. The molecule has 2 rings (SSSR count). The number of nitrogens with zero attached hydrogens (tertiary/aromatic N) is 2. The summed E-state index contributed by atoms with van der Waals surface area (Å²) in [4.78, 5) is 23.7. The summed E-state index contributed by atoms with van der Waals surface area (Å²) in [6.07, 6.45) is 0. The molecule has 1 heterocycles. The third-order valence-electron chi connectivity index (χ3n) is 3.06. The molecule has 1 N–H and O–H groups in total. The molecule has 21 heavy (non-hydrogen) atoms. The van der Waals surface area contributed by atoms with Crippen molar-refractivity contribution in [2.45, 2.75) is 19.9 Å². The maximum absolute atomic E-state index is 12.9. The lowest BCUT2D eigenvalue weighted by molar-refractivity contribution is -0.124. The molecular formula is C15H16FN3O2. The molecule has 6 heteroatoms. The van der Waals surface area contributed by atoms with Gasteiger partial charge in [-0.25, -0.2) is 9.07 Å². The van der Waals surface area contributed by atoms with Gasteiger partial charge < -0.3 is 5.32 Å². The average Bonchev–Trinajstić information content (AvgIpc) is 2.48. The van der Waals surface area contributed by atoms with Gasteiger partial charge in [-0.05, 0) is 44.2 Å². The van der Waals surface area contributed by atoms with E-state index >= 15 is 0 Å². The molecule has 0 aliphatic carbocycles. The fourth-order valence-corrected chi connectivity index (χ4v) is 1.91. The van der Waals surface area contributed by atoms with Crippen LogP contribution in [0.3, 0.4) is 0 Å². The van der Waals surface area contributed by atoms with Gasteiger partial charge in [-0.2, -0.15) is 5.10 Å². The van der Waals surface area contributed by atoms with E-state index in [1.165, 1.54) is 18.2 Å². The normalized spacial score (nSPS) is 12.0. The van der Waals surface area contributed by atoms with Crippen molar-refractivity contribution in [3.63, 3.8) is 0 Å². The van der Waals surface area contributed by atoms with E-state index in [0.717, 1.165) is 4.68 Å². The predicted octanol–water partition coefficient (Wildman–Crippen LogP) is 1.75. The van der Waals surface area contributed by atoms with E-state index in [1.54, 1.807) is 32.0 Å². The number of hydrogen-bond acceptors (Lipinski definition) is 3. The number of carbonyl (C=O) groups is 1. The van der Waals surface area contributed by atoms with Gasteiger partial charge in [-0.1, -0.05) is 0 Å². The Hall–Kier alpha value is -2.50. The number of nitrogens with one attached hydrogen (secondary N) is 1. The highest BCUT2D eigenvalue weighted by atomic mass is 19.1. The van der Waals surface area contributed by atoms with Gasteiger partial charge >= 0.3 is 0 Å². The number of likely N-dealkylation sites (N-methyl/N-ethyl adjacent to an activating group) is 1. The standard InChI is InChI=1S/C15H16FN3O2/c1-3-17-15(21)10(2)19-14(20)9-8-13(18-19)11-4-6-12(16)7-5-11/h4-10H,3H2,1-2H3,(H,17,21). The zero-order chi connectivity index (χ0) is 15.4. The van der Waals surface area contributed by atoms with Crippen molar-refractivity contribution in [1.29, 1.82) is 0 Å². The minimum absolute atomic E-state index is 0.275. The molecule has 5 nitrogen and oxygen atoms in total. The maximum Gasteiger partial charge on any atom is 0.267 e. The molecule has 110 valence electrons. The Labute approximate surface area is 121 Å². The smallest absolute Gasteiger partial charge is 0.267 e. The van der Waals surface area contributed by atoms with Crippen LogP contribution < -0.4 is 10.9 Å². The Bertz CT molecular complexity index is 695. The van der Waals surface area contributed by atoms with Crippen molar-refractivity contribution in [1.82, 2.24) is 15.1 Å². The predicted molar refractivity (Wildman–Crippen MR) is 77.3 cm³/mol. The quantitative estimate of drug-likeness (QED) is 0.932. The van der Waals surface area contributed by atoms with Crippen LogP contribution >= 0.6 is 0 Å². The topological polar surface area (TPSA) is 64.0 Å². The maximum atomic E-state index is 12.9. The Morgan fingerprint density at radius 2 is 1.95 bits per heavy atom. The minimum atomic E-state index is -0.710. The highest BCUT2D eigenvalue weighted by molar-refractivity contribution is 5.79. The summed E-state index contributed by atoms with van der Waals surface area (Å²) in [7, 11) is 0. The van der Waals surface area contributed by atoms with E-state index in [-0.39, 0.29) is 17.3 Å². The van der Waals surface area contributed by atoms with Crippen LogP contribution in [-0.4, -0.2) is 22.2 Å². The summed E-state index contributed by atoms with van der Waals surface area (Å²) in [6, 6.07) is 7.97. The Morgan fingerprint density at radius 3 is 2.57 bits per heavy atom. The lowest BCUT2D eigenvalue weighted by Crippen LogP contribution is -2.36. The first kappa shape index (κ1) is 14.9. The van der Waals surface area contributed by atoms with Crippen molar-refractivity contribution in [3.05, 3.63) is 52.6 Å². The molecule has 1 amide bonds. The van der Waals surface area contributed by atoms with E-state index in [4.69, 9.17) is 0 Å². The molecule has 0 spiro atoms. The van der Waals surface area contributed by atoms with Crippen LogP contribution in [0, 0.1) is 5.82 Å². The molecule has 1 aromatic heterocycles. The van der Waals surface area contributed by atoms with Gasteiger partial charge in [0.15, 0.2) is 0 Å². The number of amides is 1. The van der Waals surface area contributed by atoms with Gasteiger partial charge in [0.25, 0.3) is 5.56 Å². The third kappa shape index (κ3) is 3.34. The van der Waals surface area contributed by atoms with Gasteiger partial charge in [0.05, 0.1) is 5.69 Å². The number of aromatic nitrogens is 2. The second-order valence-corrected chi connectivity index (χ2v) is 4.58. The van der Waals surface area contributed by atoms with E-state index in [0.29, 0.717) is 17.8 Å². The van der Waals surface area contributed by atoms with E-state index < -0.39 is 6.04 Å². The summed E-state index contributed by atoms with van der Waals surface area (Å²) in [6.45, 7) is 3.89. The molecule has 0 fully saturated rings. The lowest BCUT2D eigenvalue weighted by Gasteiger charge is -2.14. The molecule has 1 unspecified atom stereocenters. The highest BCUT2D eigenvalue weighted by Gasteiger charge is 2.17. The molecule has 0 radical (unpaired) electrons. The highest BCUT2D eigenvalue weighted by Crippen LogP contribution is 2.16. The van der Waals surface area contributed by atoms with E-state index in [9.17, 15) is 14.0 Å². The number of benzene rings is 1. The van der Waals surface area contributed by atoms with Crippen LogP contribution in [0.1, 0.15) is 19.9 Å². The monoisotopic (exact) mass is 289 g/mol. The van der Waals surface area contributed by atoms with Gasteiger partial charge in [0, 0.05) is 18.2 Å². The summed E-state index contributed by atoms with van der Waals surface area (Å²) in [5.74, 6) is -0.619. The first-order valence-electron chi connectivity index (χ1n) is 6.66. The lowest BCUT2D eigenvalue weighted by atomic mass is 10.1. The van der Waals surface area contributed by atoms with E-state index in [2.05, 4.69) is 10.4 Å². The number of carbonyl (C=O) groups excluding carboxylic acids is 1. The van der Waals surface area contributed by atoms with Crippen LogP contribution in [0.4, 0.5) is 4.39 Å². The van der Waals surface area contributed by atoms with Gasteiger partial charge in [0.1, 0.15) is 11.9 Å². The van der Waals surface area contributed by atoms with Crippen molar-refractivity contribution < 1.29 is 9.18 Å². The first-order chi connectivity index (χ1) is 10.0. The summed E-state index contributed by atoms with van der Waals surface area (Å²) in [5.41, 5.74) is 0.818. The number of hydrogen-bond donors (Lipinski definition) is 1. The molecule has 0 saturated carbocycles. The second-order valence-electron chi connectivity index (χ2n) is 4.58. The van der Waals surface area contributed by atoms with Crippen LogP contribution in [0.15, 0.2) is 41.2 Å². The van der Waals surface area contributed by atoms with Crippen LogP contribution in [0.2, 0.25) is 0 Å². The molecule has 2 aromatic rings. The van der Waals surface area contributed by atoms with Crippen molar-refractivity contribution in [2.75, 3.05) is 6.54 Å². The summed E-state index contributed by atoms with van der Waals surface area (Å²) in [5, 5.41) is 6.85. The van der Waals surface area contributed by atoms with Crippen molar-refractivity contribution in [3.8, 4) is 11.3 Å². The number of rotatable bonds is 4. The van der Waals surface area contributed by atoms with Gasteiger partial charge in [0.2, 0.25) is 5.91 Å². The molecule has 0 bridgehead atoms. The van der Waals surface area contributed by atoms with Crippen LogP contribution in [0.5, 0.6) is 0 Å². The van der Waals surface area contributed by atoms with Crippen LogP contribution in [0.25, 0.3) is 11.3 Å². The first-order valence-corrected chi connectivity index (χ1v) is 6.66. The molecule has 1 atom stereocenters. The SMILES string of the molecule is CCNC(=O)C(C)n1nc(-c2ccc(F)cc2)ccc1=O. The van der Waals surface area contributed by atoms with E-state index in [1.807, 2.05) is 0 Å². The molecule has 0 aliphatic rings. The average molecular weight is 289 g/mol. The van der Waals surface area contributed by atoms with Crippen molar-refractivity contribution >= 4 is 5.91 Å². The zero-order valence-electron chi connectivity index (χ0n) is 11.8. The molecular weight excluding hydrogens is 273 g/mol. The molecule has 0 aliphatic heterocycles. The van der Waals surface area contributed by atoms with Gasteiger partial charge in [-0.3, -0.25) is 9.59 Å². The fourth-order valence-electron chi connectivity index (χ4n) is 1.91. The minimum Gasteiger partial charge on any atom is -0.355 e. The summed E-state index contributed by atoms with van der Waals surface area (Å²) < 4.78 is 14.1. The molecule has 0 saturated heterocycles. The Kier molecular flexibility index (Phi) is 4.47. The summed E-state index contributed by atoms with van der Waals surface area (Å²) >= 11 is 0. The number of halogens is 1. The van der Waals surface area contributed by atoms with Gasteiger partial charge in [-0.15, -0.1) is 0 Å². The largest absolute Gasteiger partial charge is 0.355 e.